The molecule has 3 aromatic rings. The molecule has 122 valence electrons. The highest BCUT2D eigenvalue weighted by molar-refractivity contribution is 6.03. The van der Waals surface area contributed by atoms with Gasteiger partial charge in [-0.05, 0) is 24.3 Å². The third-order valence-corrected chi connectivity index (χ3v) is 3.37. The summed E-state index contributed by atoms with van der Waals surface area (Å²) in [5, 5.41) is 11.1. The number of aromatic nitrogens is 3. The minimum absolute atomic E-state index is 0.198. The molecule has 1 aromatic heterocycles. The topological polar surface area (TPSA) is 78.3 Å². The fraction of sp³-hybridized carbons (Fsp3) is 0.118. The lowest BCUT2D eigenvalue weighted by Gasteiger charge is -2.10. The fourth-order valence-electron chi connectivity index (χ4n) is 2.15. The predicted molar refractivity (Wildman–Crippen MR) is 88.9 cm³/mol. The first-order valence-corrected chi connectivity index (χ1v) is 7.22. The number of rotatable bonds is 5. The lowest BCUT2D eigenvalue weighted by molar-refractivity contribution is 0.102. The van der Waals surface area contributed by atoms with Gasteiger partial charge in [-0.15, -0.1) is 5.10 Å². The Morgan fingerprint density at radius 1 is 1.08 bits per heavy atom. The van der Waals surface area contributed by atoms with Crippen LogP contribution in [-0.4, -0.2) is 35.1 Å². The Kier molecular flexibility index (Phi) is 4.42. The summed E-state index contributed by atoms with van der Waals surface area (Å²) in [5.74, 6) is 0.752. The van der Waals surface area contributed by atoms with Gasteiger partial charge in [0.1, 0.15) is 11.5 Å². The van der Waals surface area contributed by atoms with Crippen molar-refractivity contribution in [2.45, 2.75) is 0 Å². The number of nitrogens with one attached hydrogen (secondary N) is 1. The standard InChI is InChI=1S/C17H16N4O3/c1-23-13-8-9-16(24-2)14(10-13)19-17(22)15-11-18-21(20-15)12-6-4-3-5-7-12/h3-11H,1-2H3,(H,19,22). The highest BCUT2D eigenvalue weighted by Crippen LogP contribution is 2.29. The van der Waals surface area contributed by atoms with Gasteiger partial charge in [0.2, 0.25) is 0 Å². The van der Waals surface area contributed by atoms with E-state index in [1.807, 2.05) is 30.3 Å². The molecule has 0 atom stereocenters. The van der Waals surface area contributed by atoms with E-state index in [0.717, 1.165) is 5.69 Å². The first kappa shape index (κ1) is 15.5. The van der Waals surface area contributed by atoms with Crippen molar-refractivity contribution in [3.63, 3.8) is 0 Å². The molecule has 24 heavy (non-hydrogen) atoms. The Labute approximate surface area is 138 Å². The monoisotopic (exact) mass is 324 g/mol. The molecule has 7 heteroatoms. The van der Waals surface area contributed by atoms with Gasteiger partial charge in [0.25, 0.3) is 5.91 Å². The number of carbonyl (C=O) groups is 1. The molecule has 0 fully saturated rings. The Morgan fingerprint density at radius 3 is 2.58 bits per heavy atom. The summed E-state index contributed by atoms with van der Waals surface area (Å²) in [7, 11) is 3.09. The van der Waals surface area contributed by atoms with E-state index in [1.54, 1.807) is 25.3 Å². The number of benzene rings is 2. The van der Waals surface area contributed by atoms with E-state index in [9.17, 15) is 4.79 Å². The molecule has 1 N–H and O–H groups in total. The van der Waals surface area contributed by atoms with Crippen molar-refractivity contribution in [2.75, 3.05) is 19.5 Å². The molecule has 0 aliphatic carbocycles. The van der Waals surface area contributed by atoms with Crippen LogP contribution in [-0.2, 0) is 0 Å². The van der Waals surface area contributed by atoms with E-state index in [0.29, 0.717) is 17.2 Å². The molecule has 0 saturated carbocycles. The van der Waals surface area contributed by atoms with E-state index >= 15 is 0 Å². The average Bonchev–Trinajstić information content (AvgIpc) is 3.12. The molecule has 0 saturated heterocycles. The zero-order chi connectivity index (χ0) is 16.9. The molecule has 0 aliphatic rings. The average molecular weight is 324 g/mol. The van der Waals surface area contributed by atoms with Gasteiger partial charge in [-0.3, -0.25) is 4.79 Å². The zero-order valence-corrected chi connectivity index (χ0v) is 13.3. The summed E-state index contributed by atoms with van der Waals surface area (Å²) >= 11 is 0. The SMILES string of the molecule is COc1ccc(OC)c(NC(=O)c2cnn(-c3ccccc3)n2)c1. The van der Waals surface area contributed by atoms with Gasteiger partial charge in [-0.1, -0.05) is 18.2 Å². The number of hydrogen-bond donors (Lipinski definition) is 1. The minimum Gasteiger partial charge on any atom is -0.497 e. The number of para-hydroxylation sites is 1. The molecule has 0 unspecified atom stereocenters. The molecular weight excluding hydrogens is 308 g/mol. The number of ether oxygens (including phenoxy) is 2. The summed E-state index contributed by atoms with van der Waals surface area (Å²) < 4.78 is 10.4. The van der Waals surface area contributed by atoms with Gasteiger partial charge in [0.05, 0.1) is 31.8 Å². The van der Waals surface area contributed by atoms with Crippen LogP contribution < -0.4 is 14.8 Å². The number of methoxy groups -OCH3 is 2. The Hall–Kier alpha value is -3.35. The van der Waals surface area contributed by atoms with Crippen LogP contribution in [0.25, 0.3) is 5.69 Å². The highest BCUT2D eigenvalue weighted by Gasteiger charge is 2.14. The van der Waals surface area contributed by atoms with E-state index in [-0.39, 0.29) is 11.6 Å². The Morgan fingerprint density at radius 2 is 1.88 bits per heavy atom. The van der Waals surface area contributed by atoms with Gasteiger partial charge in [0, 0.05) is 6.07 Å². The minimum atomic E-state index is -0.385. The number of nitrogens with zero attached hydrogens (tertiary/aromatic N) is 3. The van der Waals surface area contributed by atoms with E-state index in [1.165, 1.54) is 18.1 Å². The number of carbonyl (C=O) groups excluding carboxylic acids is 1. The largest absolute Gasteiger partial charge is 0.497 e. The van der Waals surface area contributed by atoms with Crippen LogP contribution in [0.15, 0.2) is 54.7 Å². The molecule has 0 aliphatic heterocycles. The molecule has 0 spiro atoms. The van der Waals surface area contributed by atoms with Crippen LogP contribution >= 0.6 is 0 Å². The summed E-state index contributed by atoms with van der Waals surface area (Å²) in [4.78, 5) is 13.8. The first-order chi connectivity index (χ1) is 11.7. The second-order valence-corrected chi connectivity index (χ2v) is 4.88. The summed E-state index contributed by atoms with van der Waals surface area (Å²) in [6.45, 7) is 0. The summed E-state index contributed by atoms with van der Waals surface area (Å²) in [6.07, 6.45) is 1.41. The van der Waals surface area contributed by atoms with Crippen molar-refractivity contribution in [1.29, 1.82) is 0 Å². The van der Waals surface area contributed by atoms with Gasteiger partial charge < -0.3 is 14.8 Å². The molecule has 1 amide bonds. The Balaban J connectivity index is 1.82. The van der Waals surface area contributed by atoms with Crippen LogP contribution in [0, 0.1) is 0 Å². The second-order valence-electron chi connectivity index (χ2n) is 4.88. The lowest BCUT2D eigenvalue weighted by Crippen LogP contribution is -2.14. The van der Waals surface area contributed by atoms with Crippen molar-refractivity contribution in [3.05, 3.63) is 60.4 Å². The number of hydrogen-bond acceptors (Lipinski definition) is 5. The van der Waals surface area contributed by atoms with E-state index in [2.05, 4.69) is 15.5 Å². The van der Waals surface area contributed by atoms with Crippen LogP contribution in [0.3, 0.4) is 0 Å². The van der Waals surface area contributed by atoms with E-state index in [4.69, 9.17) is 9.47 Å². The van der Waals surface area contributed by atoms with Gasteiger partial charge in [0.15, 0.2) is 5.69 Å². The van der Waals surface area contributed by atoms with Crippen molar-refractivity contribution in [1.82, 2.24) is 15.0 Å². The van der Waals surface area contributed by atoms with Gasteiger partial charge >= 0.3 is 0 Å². The molecule has 3 rings (SSSR count). The van der Waals surface area contributed by atoms with Crippen molar-refractivity contribution >= 4 is 11.6 Å². The molecule has 2 aromatic carbocycles. The lowest BCUT2D eigenvalue weighted by atomic mass is 10.2. The van der Waals surface area contributed by atoms with E-state index < -0.39 is 0 Å². The summed E-state index contributed by atoms with van der Waals surface area (Å²) in [5.41, 5.74) is 1.47. The molecular formula is C17H16N4O3. The maximum Gasteiger partial charge on any atom is 0.277 e. The highest BCUT2D eigenvalue weighted by atomic mass is 16.5. The maximum absolute atomic E-state index is 12.4. The fourth-order valence-corrected chi connectivity index (χ4v) is 2.15. The second kappa shape index (κ2) is 6.82. The number of anilines is 1. The predicted octanol–water partition coefficient (Wildman–Crippen LogP) is 2.54. The molecule has 1 heterocycles. The smallest absolute Gasteiger partial charge is 0.277 e. The maximum atomic E-state index is 12.4. The van der Waals surface area contributed by atoms with Crippen molar-refractivity contribution in [2.24, 2.45) is 0 Å². The van der Waals surface area contributed by atoms with Crippen molar-refractivity contribution < 1.29 is 14.3 Å². The third-order valence-electron chi connectivity index (χ3n) is 3.37. The van der Waals surface area contributed by atoms with Crippen LogP contribution in [0.4, 0.5) is 5.69 Å². The number of amides is 1. The molecule has 0 bridgehead atoms. The van der Waals surface area contributed by atoms with Crippen molar-refractivity contribution in [3.8, 4) is 17.2 Å². The third kappa shape index (κ3) is 3.19. The van der Waals surface area contributed by atoms with Gasteiger partial charge in [-0.25, -0.2) is 0 Å². The Bertz CT molecular complexity index is 846. The zero-order valence-electron chi connectivity index (χ0n) is 13.3. The normalized spacial score (nSPS) is 10.2. The quantitative estimate of drug-likeness (QED) is 0.780. The van der Waals surface area contributed by atoms with Gasteiger partial charge in [-0.2, -0.15) is 9.90 Å². The van der Waals surface area contributed by atoms with Crippen LogP contribution in [0.5, 0.6) is 11.5 Å². The van der Waals surface area contributed by atoms with Crippen LogP contribution in [0.2, 0.25) is 0 Å². The molecule has 7 nitrogen and oxygen atoms in total. The molecule has 0 radical (unpaired) electrons. The van der Waals surface area contributed by atoms with Crippen LogP contribution in [0.1, 0.15) is 10.5 Å². The first-order valence-electron chi connectivity index (χ1n) is 7.22. The summed E-state index contributed by atoms with van der Waals surface area (Å²) in [6, 6.07) is 14.5.